The second-order valence-electron chi connectivity index (χ2n) is 11.1. The number of benzene rings is 1. The minimum absolute atomic E-state index is 0.0151. The average Bonchev–Trinajstić information content (AvgIpc) is 3.19. The molecular formula is C26H36ClF3N4O4S. The molecule has 1 saturated carbocycles. The Hall–Kier alpha value is -2.47. The van der Waals surface area contributed by atoms with Gasteiger partial charge in [0.1, 0.15) is 32.6 Å². The van der Waals surface area contributed by atoms with E-state index in [0.717, 1.165) is 6.92 Å². The van der Waals surface area contributed by atoms with Crippen molar-refractivity contribution in [1.29, 1.82) is 0 Å². The smallest absolute Gasteiger partial charge is 0.408 e. The second kappa shape index (κ2) is 11.6. The fraction of sp³-hybridized carbons (Fsp3) is 0.615. The standard InChI is InChI=1S/C26H36ClF3N4O4S/c1-15(26(28,29)30)32-17-9-12-19(20(13-17)38-5)34-22(27)21(33-24(34)25(2,3)4)23(35)31-14-16-7-10-18(11-8-16)39(6,36)37/h9,12-13,15-16,18,32H,7-8,10-11,14H2,1-6H3,(H,31,35)/t15-,16?,18?/m1/s1. The summed E-state index contributed by atoms with van der Waals surface area (Å²) in [5.41, 5.74) is 0.0843. The summed E-state index contributed by atoms with van der Waals surface area (Å²) in [5, 5.41) is 5.01. The van der Waals surface area contributed by atoms with Crippen LogP contribution in [0.5, 0.6) is 5.75 Å². The number of rotatable bonds is 8. The quantitative estimate of drug-likeness (QED) is 0.418. The molecule has 0 radical (unpaired) electrons. The fourth-order valence-electron chi connectivity index (χ4n) is 4.64. The van der Waals surface area contributed by atoms with Crippen LogP contribution in [0.25, 0.3) is 5.69 Å². The molecule has 1 fully saturated rings. The van der Waals surface area contributed by atoms with Gasteiger partial charge in [-0.25, -0.2) is 13.4 Å². The number of alkyl halides is 3. The summed E-state index contributed by atoms with van der Waals surface area (Å²) in [5.74, 6) is 0.391. The molecule has 1 aromatic carbocycles. The Labute approximate surface area is 232 Å². The Morgan fingerprint density at radius 3 is 2.33 bits per heavy atom. The summed E-state index contributed by atoms with van der Waals surface area (Å²) in [6.45, 7) is 7.09. The monoisotopic (exact) mass is 592 g/mol. The van der Waals surface area contributed by atoms with Gasteiger partial charge in [0.15, 0.2) is 5.69 Å². The number of halogens is 4. The normalized spacial score (nSPS) is 19.4. The maximum atomic E-state index is 13.2. The van der Waals surface area contributed by atoms with Gasteiger partial charge < -0.3 is 15.4 Å². The van der Waals surface area contributed by atoms with Crippen LogP contribution in [0.1, 0.15) is 69.7 Å². The van der Waals surface area contributed by atoms with Crippen molar-refractivity contribution in [2.24, 2.45) is 5.92 Å². The van der Waals surface area contributed by atoms with Gasteiger partial charge >= 0.3 is 6.18 Å². The summed E-state index contributed by atoms with van der Waals surface area (Å²) in [6, 6.07) is 2.71. The Balaban J connectivity index is 1.87. The van der Waals surface area contributed by atoms with Crippen molar-refractivity contribution in [2.45, 2.75) is 76.3 Å². The van der Waals surface area contributed by atoms with Crippen LogP contribution in [0.15, 0.2) is 18.2 Å². The molecule has 3 rings (SSSR count). The van der Waals surface area contributed by atoms with Gasteiger partial charge in [-0.3, -0.25) is 9.36 Å². The van der Waals surface area contributed by atoms with Crippen LogP contribution in [-0.2, 0) is 15.3 Å². The van der Waals surface area contributed by atoms with E-state index in [1.165, 1.54) is 25.5 Å². The van der Waals surface area contributed by atoms with E-state index < -0.39 is 33.4 Å². The summed E-state index contributed by atoms with van der Waals surface area (Å²) in [4.78, 5) is 17.7. The molecule has 1 amide bonds. The van der Waals surface area contributed by atoms with Crippen LogP contribution < -0.4 is 15.4 Å². The SMILES string of the molecule is COc1cc(N[C@H](C)C(F)(F)F)ccc1-n1c(C(C)(C)C)nc(C(=O)NCC2CCC(S(C)(=O)=O)CC2)c1Cl. The van der Waals surface area contributed by atoms with Gasteiger partial charge in [-0.15, -0.1) is 0 Å². The molecule has 39 heavy (non-hydrogen) atoms. The molecule has 1 aromatic heterocycles. The molecule has 1 heterocycles. The number of nitrogens with one attached hydrogen (secondary N) is 2. The highest BCUT2D eigenvalue weighted by molar-refractivity contribution is 7.91. The number of nitrogens with zero attached hydrogens (tertiary/aromatic N) is 2. The van der Waals surface area contributed by atoms with E-state index in [9.17, 15) is 26.4 Å². The molecule has 0 aliphatic heterocycles. The average molecular weight is 593 g/mol. The molecule has 0 saturated heterocycles. The molecule has 8 nitrogen and oxygen atoms in total. The van der Waals surface area contributed by atoms with Crippen molar-refractivity contribution in [1.82, 2.24) is 14.9 Å². The lowest BCUT2D eigenvalue weighted by atomic mass is 9.89. The first kappa shape index (κ1) is 31.1. The lowest BCUT2D eigenvalue weighted by molar-refractivity contribution is -0.138. The molecule has 1 atom stereocenters. The van der Waals surface area contributed by atoms with E-state index in [1.54, 1.807) is 10.6 Å². The first-order valence-corrected chi connectivity index (χ1v) is 15.0. The largest absolute Gasteiger partial charge is 0.494 e. The fourth-order valence-corrected chi connectivity index (χ4v) is 6.06. The van der Waals surface area contributed by atoms with E-state index in [4.69, 9.17) is 16.3 Å². The highest BCUT2D eigenvalue weighted by atomic mass is 35.5. The highest BCUT2D eigenvalue weighted by Crippen LogP contribution is 2.37. The lowest BCUT2D eigenvalue weighted by Gasteiger charge is -2.27. The number of amides is 1. The number of aromatic nitrogens is 2. The van der Waals surface area contributed by atoms with Gasteiger partial charge in [-0.05, 0) is 50.7 Å². The van der Waals surface area contributed by atoms with Gasteiger partial charge in [0.25, 0.3) is 5.91 Å². The number of ether oxygens (including phenoxy) is 1. The Bertz CT molecular complexity index is 1300. The van der Waals surface area contributed by atoms with Gasteiger partial charge in [-0.2, -0.15) is 13.2 Å². The van der Waals surface area contributed by atoms with Crippen molar-refractivity contribution >= 4 is 33.0 Å². The lowest BCUT2D eigenvalue weighted by Crippen LogP contribution is -2.34. The van der Waals surface area contributed by atoms with E-state index in [1.807, 2.05) is 20.8 Å². The minimum atomic E-state index is -4.42. The molecule has 1 aliphatic rings. The van der Waals surface area contributed by atoms with Gasteiger partial charge in [0.2, 0.25) is 0 Å². The predicted molar refractivity (Wildman–Crippen MR) is 146 cm³/mol. The van der Waals surface area contributed by atoms with Crippen molar-refractivity contribution in [2.75, 3.05) is 25.2 Å². The van der Waals surface area contributed by atoms with Crippen LogP contribution in [0.4, 0.5) is 18.9 Å². The van der Waals surface area contributed by atoms with Crippen LogP contribution in [0, 0.1) is 5.92 Å². The van der Waals surface area contributed by atoms with Crippen molar-refractivity contribution in [3.8, 4) is 11.4 Å². The second-order valence-corrected chi connectivity index (χ2v) is 13.8. The number of imidazole rings is 1. The Morgan fingerprint density at radius 2 is 1.82 bits per heavy atom. The van der Waals surface area contributed by atoms with Crippen LogP contribution in [-0.4, -0.2) is 61.3 Å². The van der Waals surface area contributed by atoms with Crippen molar-refractivity contribution in [3.05, 3.63) is 34.9 Å². The Kier molecular flexibility index (Phi) is 9.21. The van der Waals surface area contributed by atoms with Crippen molar-refractivity contribution in [3.63, 3.8) is 0 Å². The zero-order chi connectivity index (χ0) is 29.3. The van der Waals surface area contributed by atoms with Crippen LogP contribution in [0.3, 0.4) is 0 Å². The van der Waals surface area contributed by atoms with Gasteiger partial charge in [0.05, 0.1) is 18.0 Å². The van der Waals surface area contributed by atoms with Crippen molar-refractivity contribution < 1.29 is 31.1 Å². The van der Waals surface area contributed by atoms with Crippen LogP contribution >= 0.6 is 11.6 Å². The van der Waals surface area contributed by atoms with Gasteiger partial charge in [-0.1, -0.05) is 32.4 Å². The van der Waals surface area contributed by atoms with E-state index in [-0.39, 0.29) is 33.5 Å². The topological polar surface area (TPSA) is 102 Å². The number of hydrogen-bond acceptors (Lipinski definition) is 6. The number of anilines is 1. The molecule has 1 aliphatic carbocycles. The molecule has 0 spiro atoms. The molecule has 218 valence electrons. The number of hydrogen-bond donors (Lipinski definition) is 2. The maximum absolute atomic E-state index is 13.2. The third-order valence-corrected chi connectivity index (χ3v) is 8.98. The first-order valence-electron chi connectivity index (χ1n) is 12.7. The zero-order valence-electron chi connectivity index (χ0n) is 22.9. The number of carbonyl (C=O) groups is 1. The molecular weight excluding hydrogens is 557 g/mol. The molecule has 0 unspecified atom stereocenters. The van der Waals surface area contributed by atoms with E-state index in [0.29, 0.717) is 43.7 Å². The summed E-state index contributed by atoms with van der Waals surface area (Å²) >= 11 is 6.72. The molecule has 0 bridgehead atoms. The third-order valence-electron chi connectivity index (χ3n) is 6.95. The number of carbonyl (C=O) groups excluding carboxylic acids is 1. The number of sulfone groups is 1. The summed E-state index contributed by atoms with van der Waals surface area (Å²) in [7, 11) is -1.68. The summed E-state index contributed by atoms with van der Waals surface area (Å²) in [6.07, 6.45) is -0.651. The summed E-state index contributed by atoms with van der Waals surface area (Å²) < 4.78 is 69.8. The molecule has 2 N–H and O–H groups in total. The zero-order valence-corrected chi connectivity index (χ0v) is 24.5. The van der Waals surface area contributed by atoms with E-state index >= 15 is 0 Å². The number of methoxy groups -OCH3 is 1. The van der Waals surface area contributed by atoms with Gasteiger partial charge in [0, 0.05) is 30.0 Å². The van der Waals surface area contributed by atoms with Crippen LogP contribution in [0.2, 0.25) is 5.15 Å². The maximum Gasteiger partial charge on any atom is 0.408 e. The Morgan fingerprint density at radius 1 is 1.21 bits per heavy atom. The third kappa shape index (κ3) is 7.39. The van der Waals surface area contributed by atoms with E-state index in [2.05, 4.69) is 15.6 Å². The first-order chi connectivity index (χ1) is 17.9. The predicted octanol–water partition coefficient (Wildman–Crippen LogP) is 5.53. The highest BCUT2D eigenvalue weighted by Gasteiger charge is 2.36. The molecule has 2 aromatic rings. The minimum Gasteiger partial charge on any atom is -0.494 e. The molecule has 13 heteroatoms.